The second kappa shape index (κ2) is 11.9. The van der Waals surface area contributed by atoms with Crippen molar-refractivity contribution in [3.05, 3.63) is 32.6 Å². The lowest BCUT2D eigenvalue weighted by atomic mass is 9.99. The Morgan fingerprint density at radius 1 is 1.24 bits per heavy atom. The second-order valence-corrected chi connectivity index (χ2v) is 12.4. The third-order valence-electron chi connectivity index (χ3n) is 5.34. The predicted octanol–water partition coefficient (Wildman–Crippen LogP) is 0.809. The highest BCUT2D eigenvalue weighted by Crippen LogP contribution is 2.43. The number of H-pyrrole nitrogens is 1. The van der Waals surface area contributed by atoms with E-state index in [1.54, 1.807) is 20.3 Å². The topological polar surface area (TPSA) is 163 Å². The number of rotatable bonds is 12. The summed E-state index contributed by atoms with van der Waals surface area (Å²) in [6.45, 7) is 6.87. The molecule has 1 fully saturated rings. The first-order chi connectivity index (χ1) is 15.8. The summed E-state index contributed by atoms with van der Waals surface area (Å²) in [6, 6.07) is 0. The lowest BCUT2D eigenvalue weighted by molar-refractivity contribution is -0.161. The van der Waals surface area contributed by atoms with Crippen molar-refractivity contribution in [1.29, 1.82) is 0 Å². The van der Waals surface area contributed by atoms with E-state index in [9.17, 15) is 23.7 Å². The van der Waals surface area contributed by atoms with Gasteiger partial charge in [-0.25, -0.2) is 4.79 Å². The molecule has 2 heterocycles. The maximum Gasteiger partial charge on any atom is 0.330 e. The maximum atomic E-state index is 12.6. The Balaban J connectivity index is 2.47. The van der Waals surface area contributed by atoms with Gasteiger partial charge >= 0.3 is 17.6 Å². The number of methoxy groups -OCH3 is 1. The predicted molar refractivity (Wildman–Crippen MR) is 122 cm³/mol. The van der Waals surface area contributed by atoms with E-state index in [4.69, 9.17) is 24.1 Å². The van der Waals surface area contributed by atoms with Crippen LogP contribution in [0, 0.1) is 12.8 Å². The molecule has 12 nitrogen and oxygen atoms in total. The molecule has 192 valence electrons. The number of carboxylic acids is 1. The molecule has 13 heteroatoms. The molecule has 0 amide bonds. The summed E-state index contributed by atoms with van der Waals surface area (Å²) >= 11 is 0. The molecule has 5 atom stereocenters. The van der Waals surface area contributed by atoms with E-state index >= 15 is 0 Å². The molecule has 1 aliphatic rings. The van der Waals surface area contributed by atoms with Crippen LogP contribution in [0.2, 0.25) is 0 Å². The van der Waals surface area contributed by atoms with Crippen LogP contribution >= 0.6 is 7.14 Å². The van der Waals surface area contributed by atoms with Crippen LogP contribution in [0.4, 0.5) is 0 Å². The summed E-state index contributed by atoms with van der Waals surface area (Å²) in [5, 5.41) is 8.89. The lowest BCUT2D eigenvalue weighted by Crippen LogP contribution is -2.43. The molecule has 2 rings (SSSR count). The minimum absolute atomic E-state index is 0.0858. The molecule has 1 saturated heterocycles. The smallest absolute Gasteiger partial charge is 0.330 e. The Morgan fingerprint density at radius 3 is 2.50 bits per heavy atom. The van der Waals surface area contributed by atoms with Crippen molar-refractivity contribution in [2.24, 2.45) is 5.92 Å². The van der Waals surface area contributed by atoms with Crippen LogP contribution < -0.4 is 11.2 Å². The van der Waals surface area contributed by atoms with Crippen LogP contribution in [0.15, 0.2) is 15.8 Å². The van der Waals surface area contributed by atoms with Crippen molar-refractivity contribution >= 4 is 19.1 Å². The number of aromatic amines is 1. The van der Waals surface area contributed by atoms with Crippen molar-refractivity contribution in [2.45, 2.75) is 51.2 Å². The Labute approximate surface area is 196 Å². The van der Waals surface area contributed by atoms with Crippen LogP contribution in [-0.4, -0.2) is 84.7 Å². The van der Waals surface area contributed by atoms with Gasteiger partial charge in [0.1, 0.15) is 12.2 Å². The van der Waals surface area contributed by atoms with Gasteiger partial charge in [0.15, 0.2) is 12.3 Å². The Hall–Kier alpha value is -2.27. The molecule has 2 N–H and O–H groups in total. The standard InChI is InChI=1S/C21H33N2O10P/c1-12-10-23(21(28)22-19(12)27)20-18(31-9-8-30-3)17(32-15(26)7-6-14(24)25)16(33-20)13(2)11-34(4,5)29/h10,13,16-18,20H,6-9,11H2,1-5H3,(H,24,25)(H,22,27,28)/t13-,16+,17+,18+,20+/m0/s1. The van der Waals surface area contributed by atoms with Gasteiger partial charge in [0.25, 0.3) is 5.56 Å². The van der Waals surface area contributed by atoms with Gasteiger partial charge < -0.3 is 28.6 Å². The molecule has 1 aromatic heterocycles. The number of hydrogen-bond donors (Lipinski definition) is 2. The van der Waals surface area contributed by atoms with E-state index in [0.29, 0.717) is 0 Å². The fraction of sp³-hybridized carbons (Fsp3) is 0.714. The number of carboxylic acid groups (broad SMARTS) is 1. The first kappa shape index (κ1) is 28.0. The molecular formula is C21H33N2O10P. The van der Waals surface area contributed by atoms with Gasteiger partial charge in [-0.15, -0.1) is 0 Å². The molecule has 0 aromatic carbocycles. The Morgan fingerprint density at radius 2 is 1.91 bits per heavy atom. The molecular weight excluding hydrogens is 471 g/mol. The number of carbonyl (C=O) groups is 2. The van der Waals surface area contributed by atoms with E-state index in [1.165, 1.54) is 20.2 Å². The number of aromatic nitrogens is 2. The first-order valence-electron chi connectivity index (χ1n) is 10.9. The molecule has 0 spiro atoms. The SMILES string of the molecule is COCCO[C@@H]1[C@H](OC(=O)CCC(=O)O)[C@@H]([C@@H](C)CP(C)(C)=O)O[C@H]1n1cc(C)c(=O)[nH]c1=O. The van der Waals surface area contributed by atoms with Gasteiger partial charge in [-0.2, -0.15) is 0 Å². The van der Waals surface area contributed by atoms with E-state index in [2.05, 4.69) is 4.98 Å². The van der Waals surface area contributed by atoms with Gasteiger partial charge in [0.05, 0.1) is 33.2 Å². The Kier molecular flexibility index (Phi) is 9.81. The van der Waals surface area contributed by atoms with Gasteiger partial charge in [0, 0.05) is 25.0 Å². The van der Waals surface area contributed by atoms with Gasteiger partial charge in [0.2, 0.25) is 0 Å². The van der Waals surface area contributed by atoms with Crippen molar-refractivity contribution in [3.8, 4) is 0 Å². The lowest BCUT2D eigenvalue weighted by Gasteiger charge is -2.27. The normalized spacial score (nSPS) is 23.6. The number of nitrogens with zero attached hydrogens (tertiary/aromatic N) is 1. The molecule has 0 radical (unpaired) electrons. The molecule has 0 saturated carbocycles. The zero-order valence-electron chi connectivity index (χ0n) is 20.0. The minimum atomic E-state index is -2.50. The fourth-order valence-corrected chi connectivity index (χ4v) is 5.51. The average molecular weight is 504 g/mol. The summed E-state index contributed by atoms with van der Waals surface area (Å²) in [5.41, 5.74) is -1.02. The first-order valence-corrected chi connectivity index (χ1v) is 13.7. The molecule has 1 aromatic rings. The van der Waals surface area contributed by atoms with Gasteiger partial charge in [-0.1, -0.05) is 6.92 Å². The van der Waals surface area contributed by atoms with Gasteiger partial charge in [-0.05, 0) is 26.2 Å². The molecule has 0 unspecified atom stereocenters. The minimum Gasteiger partial charge on any atom is -0.481 e. The largest absolute Gasteiger partial charge is 0.481 e. The molecule has 0 bridgehead atoms. The molecule has 34 heavy (non-hydrogen) atoms. The van der Waals surface area contributed by atoms with Gasteiger partial charge in [-0.3, -0.25) is 23.9 Å². The number of carbonyl (C=O) groups excluding carboxylic acids is 1. The second-order valence-electron chi connectivity index (χ2n) is 8.88. The summed E-state index contributed by atoms with van der Waals surface area (Å²) in [4.78, 5) is 50.0. The van der Waals surface area contributed by atoms with Crippen LogP contribution in [0.1, 0.15) is 31.6 Å². The zero-order valence-corrected chi connectivity index (χ0v) is 20.9. The quantitative estimate of drug-likeness (QED) is 0.236. The van der Waals surface area contributed by atoms with Crippen molar-refractivity contribution in [3.63, 3.8) is 0 Å². The monoisotopic (exact) mass is 504 g/mol. The van der Waals surface area contributed by atoms with Crippen molar-refractivity contribution < 1.29 is 38.2 Å². The summed E-state index contributed by atoms with van der Waals surface area (Å²) < 4.78 is 36.4. The number of ether oxygens (including phenoxy) is 4. The number of aryl methyl sites for hydroxylation is 1. The fourth-order valence-electron chi connectivity index (χ4n) is 3.92. The van der Waals surface area contributed by atoms with Crippen molar-refractivity contribution in [1.82, 2.24) is 9.55 Å². The van der Waals surface area contributed by atoms with E-state index in [-0.39, 0.29) is 37.3 Å². The highest BCUT2D eigenvalue weighted by Gasteiger charge is 2.51. The van der Waals surface area contributed by atoms with Crippen LogP contribution in [0.25, 0.3) is 0 Å². The van der Waals surface area contributed by atoms with Crippen molar-refractivity contribution in [2.75, 3.05) is 39.8 Å². The van der Waals surface area contributed by atoms with Crippen LogP contribution in [-0.2, 0) is 33.1 Å². The highest BCUT2D eigenvalue weighted by atomic mass is 31.2. The number of aliphatic carboxylic acids is 1. The van der Waals surface area contributed by atoms with Crippen LogP contribution in [0.5, 0.6) is 0 Å². The maximum absolute atomic E-state index is 12.6. The highest BCUT2D eigenvalue weighted by molar-refractivity contribution is 7.62. The zero-order chi connectivity index (χ0) is 25.6. The third kappa shape index (κ3) is 7.63. The molecule has 1 aliphatic heterocycles. The molecule has 0 aliphatic carbocycles. The summed E-state index contributed by atoms with van der Waals surface area (Å²) in [5.74, 6) is -2.28. The summed E-state index contributed by atoms with van der Waals surface area (Å²) in [6.07, 6.45) is -3.05. The number of hydrogen-bond acceptors (Lipinski definition) is 9. The summed E-state index contributed by atoms with van der Waals surface area (Å²) in [7, 11) is -1.01. The third-order valence-corrected chi connectivity index (χ3v) is 6.80. The van der Waals surface area contributed by atoms with Crippen LogP contribution in [0.3, 0.4) is 0 Å². The average Bonchev–Trinajstić information content (AvgIpc) is 3.06. The number of esters is 1. The van der Waals surface area contributed by atoms with E-state index in [1.807, 2.05) is 0 Å². The van der Waals surface area contributed by atoms with E-state index in [0.717, 1.165) is 4.57 Å². The number of nitrogens with one attached hydrogen (secondary N) is 1. The van der Waals surface area contributed by atoms with E-state index < -0.39 is 61.3 Å². The Bertz CT molecular complexity index is 1030.